The minimum absolute atomic E-state index is 0.114. The first-order chi connectivity index (χ1) is 14.7. The van der Waals surface area contributed by atoms with Crippen molar-refractivity contribution in [2.45, 2.75) is 13.3 Å². The Balaban J connectivity index is 1.56. The van der Waals surface area contributed by atoms with Crippen molar-refractivity contribution in [1.82, 2.24) is 9.97 Å². The molecule has 1 N–H and O–H groups in total. The number of carbonyl (C=O) groups is 1. The Labute approximate surface area is 178 Å². The largest absolute Gasteiger partial charge is 0.306 e. The van der Waals surface area contributed by atoms with Gasteiger partial charge in [0.15, 0.2) is 0 Å². The van der Waals surface area contributed by atoms with Gasteiger partial charge < -0.3 is 5.32 Å². The molecule has 0 aliphatic heterocycles. The number of amides is 1. The molecule has 0 aliphatic rings. The van der Waals surface area contributed by atoms with Gasteiger partial charge in [0, 0.05) is 22.5 Å². The molecule has 0 unspecified atom stereocenters. The number of hydrogen-bond donors (Lipinski definition) is 1. The molecule has 0 aliphatic carbocycles. The summed E-state index contributed by atoms with van der Waals surface area (Å²) in [5.41, 5.74) is 4.16. The summed E-state index contributed by atoms with van der Waals surface area (Å²) in [7, 11) is 0. The number of benzene rings is 2. The van der Waals surface area contributed by atoms with Crippen molar-refractivity contribution in [3.63, 3.8) is 0 Å². The summed E-state index contributed by atoms with van der Waals surface area (Å²) in [5, 5.41) is 5.18. The van der Waals surface area contributed by atoms with E-state index in [2.05, 4.69) is 40.4 Å². The first-order valence-electron chi connectivity index (χ1n) is 9.86. The number of aryl methyl sites for hydroxylation is 1. The number of hydrogen-bond acceptors (Lipinski definition) is 4. The molecule has 4 nitrogen and oxygen atoms in total. The third kappa shape index (κ3) is 3.23. The number of carbonyl (C=O) groups excluding carboxylic acids is 1. The number of thiophene rings is 1. The van der Waals surface area contributed by atoms with Crippen LogP contribution >= 0.6 is 11.3 Å². The molecule has 2 aromatic carbocycles. The van der Waals surface area contributed by atoms with Gasteiger partial charge in [-0.3, -0.25) is 9.78 Å². The highest BCUT2D eigenvalue weighted by atomic mass is 32.1. The third-order valence-electron chi connectivity index (χ3n) is 5.21. The SMILES string of the molecule is CCc1c(C(=O)Nc2ccc3ccccc3n2)sc2c(-c3ccncc3)cccc12. The van der Waals surface area contributed by atoms with Gasteiger partial charge in [0.05, 0.1) is 10.4 Å². The van der Waals surface area contributed by atoms with E-state index in [4.69, 9.17) is 0 Å². The lowest BCUT2D eigenvalue weighted by atomic mass is 10.0. The third-order valence-corrected chi connectivity index (χ3v) is 6.49. The quantitative estimate of drug-likeness (QED) is 0.377. The van der Waals surface area contributed by atoms with Gasteiger partial charge in [-0.25, -0.2) is 4.98 Å². The van der Waals surface area contributed by atoms with Crippen LogP contribution in [-0.4, -0.2) is 15.9 Å². The predicted molar refractivity (Wildman–Crippen MR) is 124 cm³/mol. The molecule has 5 rings (SSSR count). The zero-order valence-electron chi connectivity index (χ0n) is 16.4. The van der Waals surface area contributed by atoms with Crippen LogP contribution in [-0.2, 0) is 6.42 Å². The molecular weight excluding hydrogens is 390 g/mol. The number of pyridine rings is 2. The van der Waals surface area contributed by atoms with E-state index >= 15 is 0 Å². The maximum Gasteiger partial charge on any atom is 0.267 e. The number of nitrogens with zero attached hydrogens (tertiary/aromatic N) is 2. The molecule has 146 valence electrons. The minimum atomic E-state index is -0.114. The monoisotopic (exact) mass is 409 g/mol. The van der Waals surface area contributed by atoms with Crippen LogP contribution in [0.25, 0.3) is 32.1 Å². The van der Waals surface area contributed by atoms with E-state index in [1.807, 2.05) is 48.5 Å². The van der Waals surface area contributed by atoms with Gasteiger partial charge in [-0.1, -0.05) is 43.3 Å². The normalized spacial score (nSPS) is 11.1. The average molecular weight is 410 g/mol. The second-order valence-corrected chi connectivity index (χ2v) is 8.05. The molecule has 0 radical (unpaired) electrons. The van der Waals surface area contributed by atoms with Gasteiger partial charge >= 0.3 is 0 Å². The first kappa shape index (κ1) is 18.5. The van der Waals surface area contributed by atoms with Gasteiger partial charge in [-0.15, -0.1) is 11.3 Å². The molecule has 0 bridgehead atoms. The topological polar surface area (TPSA) is 54.9 Å². The zero-order valence-corrected chi connectivity index (χ0v) is 17.2. The van der Waals surface area contributed by atoms with Gasteiger partial charge in [0.2, 0.25) is 0 Å². The number of rotatable bonds is 4. The molecule has 1 amide bonds. The minimum Gasteiger partial charge on any atom is -0.306 e. The summed E-state index contributed by atoms with van der Waals surface area (Å²) in [5.74, 6) is 0.448. The van der Waals surface area contributed by atoms with Crippen molar-refractivity contribution in [1.29, 1.82) is 0 Å². The molecule has 0 saturated heterocycles. The Morgan fingerprint density at radius 3 is 2.63 bits per heavy atom. The second kappa shape index (κ2) is 7.69. The first-order valence-corrected chi connectivity index (χ1v) is 10.7. The van der Waals surface area contributed by atoms with E-state index in [0.717, 1.165) is 49.0 Å². The summed E-state index contributed by atoms with van der Waals surface area (Å²) < 4.78 is 1.12. The number of fused-ring (bicyclic) bond motifs is 2. The van der Waals surface area contributed by atoms with Crippen molar-refractivity contribution in [3.8, 4) is 11.1 Å². The van der Waals surface area contributed by atoms with Gasteiger partial charge in [-0.05, 0) is 58.8 Å². The van der Waals surface area contributed by atoms with E-state index in [-0.39, 0.29) is 5.91 Å². The lowest BCUT2D eigenvalue weighted by molar-refractivity contribution is 0.102. The summed E-state index contributed by atoms with van der Waals surface area (Å²) in [6, 6.07) is 22.0. The standard InChI is InChI=1S/C25H19N3OS/c1-2-18-20-8-5-7-19(16-12-14-26-15-13-16)23(20)30-24(18)25(29)28-22-11-10-17-6-3-4-9-21(17)27-22/h3-15H,2H2,1H3,(H,27,28,29). The Morgan fingerprint density at radius 2 is 1.80 bits per heavy atom. The van der Waals surface area contributed by atoms with E-state index in [1.54, 1.807) is 23.7 Å². The molecule has 5 heteroatoms. The van der Waals surface area contributed by atoms with Crippen LogP contribution in [0.5, 0.6) is 0 Å². The van der Waals surface area contributed by atoms with Crippen LogP contribution in [0.3, 0.4) is 0 Å². The molecule has 30 heavy (non-hydrogen) atoms. The van der Waals surface area contributed by atoms with E-state index in [1.165, 1.54) is 0 Å². The van der Waals surface area contributed by atoms with Crippen LogP contribution in [0.2, 0.25) is 0 Å². The molecule has 0 saturated carbocycles. The van der Waals surface area contributed by atoms with Crippen LogP contribution in [0.15, 0.2) is 79.1 Å². The summed E-state index contributed by atoms with van der Waals surface area (Å²) in [4.78, 5) is 22.6. The summed E-state index contributed by atoms with van der Waals surface area (Å²) in [6.07, 6.45) is 4.37. The Morgan fingerprint density at radius 1 is 0.967 bits per heavy atom. The number of nitrogens with one attached hydrogen (secondary N) is 1. The number of para-hydroxylation sites is 1. The van der Waals surface area contributed by atoms with Crippen molar-refractivity contribution < 1.29 is 4.79 Å². The van der Waals surface area contributed by atoms with E-state index in [0.29, 0.717) is 5.82 Å². The lowest BCUT2D eigenvalue weighted by Gasteiger charge is -2.06. The van der Waals surface area contributed by atoms with Crippen molar-refractivity contribution in [3.05, 3.63) is 89.6 Å². The van der Waals surface area contributed by atoms with Crippen LogP contribution < -0.4 is 5.32 Å². The Kier molecular flexibility index (Phi) is 4.73. The van der Waals surface area contributed by atoms with E-state index in [9.17, 15) is 4.79 Å². The Hall–Kier alpha value is -3.57. The molecule has 3 heterocycles. The maximum absolute atomic E-state index is 13.2. The second-order valence-electron chi connectivity index (χ2n) is 7.02. The fraction of sp³-hybridized carbons (Fsp3) is 0.0800. The molecule has 3 aromatic heterocycles. The van der Waals surface area contributed by atoms with Crippen LogP contribution in [0, 0.1) is 0 Å². The van der Waals surface area contributed by atoms with Gasteiger partial charge in [0.1, 0.15) is 5.82 Å². The zero-order chi connectivity index (χ0) is 20.5. The molecule has 0 spiro atoms. The van der Waals surface area contributed by atoms with Crippen molar-refractivity contribution >= 4 is 44.1 Å². The summed E-state index contributed by atoms with van der Waals surface area (Å²) in [6.45, 7) is 2.09. The van der Waals surface area contributed by atoms with Crippen molar-refractivity contribution in [2.75, 3.05) is 5.32 Å². The summed E-state index contributed by atoms with van der Waals surface area (Å²) >= 11 is 1.54. The maximum atomic E-state index is 13.2. The van der Waals surface area contributed by atoms with Crippen LogP contribution in [0.4, 0.5) is 5.82 Å². The number of aromatic nitrogens is 2. The highest BCUT2D eigenvalue weighted by molar-refractivity contribution is 7.21. The highest BCUT2D eigenvalue weighted by Crippen LogP contribution is 2.38. The van der Waals surface area contributed by atoms with E-state index < -0.39 is 0 Å². The molecule has 0 atom stereocenters. The van der Waals surface area contributed by atoms with Crippen LogP contribution in [0.1, 0.15) is 22.2 Å². The Bertz CT molecular complexity index is 1380. The number of anilines is 1. The fourth-order valence-electron chi connectivity index (χ4n) is 3.77. The molecular formula is C25H19N3OS. The van der Waals surface area contributed by atoms with Gasteiger partial charge in [-0.2, -0.15) is 0 Å². The smallest absolute Gasteiger partial charge is 0.267 e. The van der Waals surface area contributed by atoms with Crippen molar-refractivity contribution in [2.24, 2.45) is 0 Å². The highest BCUT2D eigenvalue weighted by Gasteiger charge is 2.20. The fourth-order valence-corrected chi connectivity index (χ4v) is 5.09. The molecule has 0 fully saturated rings. The molecule has 5 aromatic rings. The lowest BCUT2D eigenvalue weighted by Crippen LogP contribution is -2.13. The average Bonchev–Trinajstić information content (AvgIpc) is 3.18. The van der Waals surface area contributed by atoms with Gasteiger partial charge in [0.25, 0.3) is 5.91 Å². The predicted octanol–water partition coefficient (Wildman–Crippen LogP) is 6.33.